The molecule has 0 saturated heterocycles. The third-order valence-electron chi connectivity index (χ3n) is 3.52. The highest BCUT2D eigenvalue weighted by molar-refractivity contribution is 6.30. The van der Waals surface area contributed by atoms with Gasteiger partial charge in [-0.2, -0.15) is 0 Å². The van der Waals surface area contributed by atoms with E-state index in [1.165, 1.54) is 0 Å². The fourth-order valence-electron chi connectivity index (χ4n) is 1.68. The molecule has 108 valence electrons. The van der Waals surface area contributed by atoms with Crippen molar-refractivity contribution >= 4 is 17.4 Å². The van der Waals surface area contributed by atoms with Crippen molar-refractivity contribution in [1.29, 1.82) is 0 Å². The first-order valence-electron chi connectivity index (χ1n) is 6.83. The van der Waals surface area contributed by atoms with Crippen LogP contribution in [0, 0.1) is 6.92 Å². The number of nitrogens with one attached hydrogen (secondary N) is 1. The van der Waals surface area contributed by atoms with Crippen molar-refractivity contribution in [2.45, 2.75) is 59.0 Å². The van der Waals surface area contributed by atoms with Crippen LogP contribution in [0.5, 0.6) is 0 Å². The predicted octanol–water partition coefficient (Wildman–Crippen LogP) is 3.52. The standard InChI is InChI=1S/C14H24ClN3O/c1-6-14(19,7-2)8-16-13-10(5)11(15)17-12(18-13)9(3)4/h9,19H,6-8H2,1-5H3,(H,16,17,18). The average Bonchev–Trinajstić information content (AvgIpc) is 2.39. The lowest BCUT2D eigenvalue weighted by molar-refractivity contribution is 0.0456. The number of hydrogen-bond acceptors (Lipinski definition) is 4. The van der Waals surface area contributed by atoms with Crippen molar-refractivity contribution < 1.29 is 5.11 Å². The van der Waals surface area contributed by atoms with Gasteiger partial charge in [0.1, 0.15) is 16.8 Å². The van der Waals surface area contributed by atoms with E-state index in [1.54, 1.807) is 0 Å². The first-order valence-corrected chi connectivity index (χ1v) is 7.21. The van der Waals surface area contributed by atoms with Crippen molar-refractivity contribution in [3.63, 3.8) is 0 Å². The molecule has 1 heterocycles. The number of nitrogens with zero attached hydrogens (tertiary/aromatic N) is 2. The zero-order chi connectivity index (χ0) is 14.6. The van der Waals surface area contributed by atoms with Gasteiger partial charge in [0.25, 0.3) is 0 Å². The summed E-state index contributed by atoms with van der Waals surface area (Å²) in [5.41, 5.74) is 0.114. The fraction of sp³-hybridized carbons (Fsp3) is 0.714. The molecule has 0 radical (unpaired) electrons. The van der Waals surface area contributed by atoms with Crippen molar-refractivity contribution in [2.75, 3.05) is 11.9 Å². The van der Waals surface area contributed by atoms with Gasteiger partial charge in [0.05, 0.1) is 5.60 Å². The van der Waals surface area contributed by atoms with Gasteiger partial charge in [-0.25, -0.2) is 9.97 Å². The van der Waals surface area contributed by atoms with E-state index in [0.29, 0.717) is 30.4 Å². The van der Waals surface area contributed by atoms with Gasteiger partial charge in [0.15, 0.2) is 0 Å². The van der Waals surface area contributed by atoms with Gasteiger partial charge < -0.3 is 10.4 Å². The van der Waals surface area contributed by atoms with Crippen molar-refractivity contribution in [3.8, 4) is 0 Å². The number of rotatable bonds is 6. The van der Waals surface area contributed by atoms with Gasteiger partial charge in [-0.3, -0.25) is 0 Å². The second kappa shape index (κ2) is 6.53. The monoisotopic (exact) mass is 285 g/mol. The Labute approximate surface area is 120 Å². The molecule has 4 nitrogen and oxygen atoms in total. The number of aromatic nitrogens is 2. The molecule has 0 saturated carbocycles. The second-order valence-electron chi connectivity index (χ2n) is 5.29. The molecule has 0 amide bonds. The van der Waals surface area contributed by atoms with Crippen molar-refractivity contribution in [2.24, 2.45) is 0 Å². The number of halogens is 1. The smallest absolute Gasteiger partial charge is 0.137 e. The highest BCUT2D eigenvalue weighted by Crippen LogP contribution is 2.24. The first kappa shape index (κ1) is 16.2. The van der Waals surface area contributed by atoms with Crippen LogP contribution >= 0.6 is 11.6 Å². The molecule has 0 aliphatic rings. The van der Waals surface area contributed by atoms with Gasteiger partial charge in [-0.1, -0.05) is 39.3 Å². The third kappa shape index (κ3) is 4.05. The van der Waals surface area contributed by atoms with Crippen LogP contribution in [0.15, 0.2) is 0 Å². The maximum atomic E-state index is 10.3. The predicted molar refractivity (Wildman–Crippen MR) is 79.9 cm³/mol. The Bertz CT molecular complexity index is 431. The minimum atomic E-state index is -0.706. The van der Waals surface area contributed by atoms with Crippen LogP contribution in [0.1, 0.15) is 57.8 Å². The topological polar surface area (TPSA) is 58.0 Å². The Morgan fingerprint density at radius 2 is 1.84 bits per heavy atom. The maximum absolute atomic E-state index is 10.3. The van der Waals surface area contributed by atoms with E-state index in [4.69, 9.17) is 11.6 Å². The Kier molecular flexibility index (Phi) is 5.56. The molecule has 0 unspecified atom stereocenters. The van der Waals surface area contributed by atoms with Gasteiger partial charge in [-0.15, -0.1) is 0 Å². The summed E-state index contributed by atoms with van der Waals surface area (Å²) < 4.78 is 0. The summed E-state index contributed by atoms with van der Waals surface area (Å²) in [6.07, 6.45) is 1.40. The largest absolute Gasteiger partial charge is 0.388 e. The number of hydrogen-bond donors (Lipinski definition) is 2. The third-order valence-corrected chi connectivity index (χ3v) is 3.89. The zero-order valence-corrected chi connectivity index (χ0v) is 13.2. The number of aliphatic hydroxyl groups is 1. The fourth-order valence-corrected chi connectivity index (χ4v) is 1.86. The van der Waals surface area contributed by atoms with Crippen LogP contribution in [-0.2, 0) is 0 Å². The molecule has 19 heavy (non-hydrogen) atoms. The lowest BCUT2D eigenvalue weighted by atomic mass is 9.97. The SMILES string of the molecule is CCC(O)(CC)CNc1nc(C(C)C)nc(Cl)c1C. The van der Waals surface area contributed by atoms with E-state index in [2.05, 4.69) is 15.3 Å². The van der Waals surface area contributed by atoms with E-state index in [1.807, 2.05) is 34.6 Å². The van der Waals surface area contributed by atoms with Crippen LogP contribution in [-0.4, -0.2) is 27.2 Å². The normalized spacial score (nSPS) is 12.0. The summed E-state index contributed by atoms with van der Waals surface area (Å²) >= 11 is 6.13. The maximum Gasteiger partial charge on any atom is 0.137 e. The quantitative estimate of drug-likeness (QED) is 0.785. The van der Waals surface area contributed by atoms with Crippen LogP contribution in [0.2, 0.25) is 5.15 Å². The molecule has 0 aromatic carbocycles. The molecule has 1 rings (SSSR count). The Balaban J connectivity index is 2.94. The highest BCUT2D eigenvalue weighted by Gasteiger charge is 2.22. The van der Waals surface area contributed by atoms with Crippen molar-refractivity contribution in [1.82, 2.24) is 9.97 Å². The highest BCUT2D eigenvalue weighted by atomic mass is 35.5. The summed E-state index contributed by atoms with van der Waals surface area (Å²) in [4.78, 5) is 8.76. The van der Waals surface area contributed by atoms with Gasteiger partial charge in [-0.05, 0) is 19.8 Å². The molecule has 2 N–H and O–H groups in total. The van der Waals surface area contributed by atoms with E-state index in [0.717, 1.165) is 11.4 Å². The van der Waals surface area contributed by atoms with Crippen LogP contribution in [0.3, 0.4) is 0 Å². The second-order valence-corrected chi connectivity index (χ2v) is 5.64. The summed E-state index contributed by atoms with van der Waals surface area (Å²) in [5, 5.41) is 14.0. The molecule has 0 fully saturated rings. The van der Waals surface area contributed by atoms with Gasteiger partial charge in [0, 0.05) is 18.0 Å². The Morgan fingerprint density at radius 1 is 1.26 bits per heavy atom. The Morgan fingerprint density at radius 3 is 2.32 bits per heavy atom. The van der Waals surface area contributed by atoms with Crippen LogP contribution < -0.4 is 5.32 Å². The van der Waals surface area contributed by atoms with E-state index < -0.39 is 5.60 Å². The first-order chi connectivity index (χ1) is 8.83. The van der Waals surface area contributed by atoms with Gasteiger partial charge >= 0.3 is 0 Å². The van der Waals surface area contributed by atoms with Crippen molar-refractivity contribution in [3.05, 3.63) is 16.5 Å². The lowest BCUT2D eigenvalue weighted by Gasteiger charge is -2.26. The molecule has 1 aromatic heterocycles. The minimum Gasteiger partial charge on any atom is -0.388 e. The van der Waals surface area contributed by atoms with Crippen LogP contribution in [0.4, 0.5) is 5.82 Å². The van der Waals surface area contributed by atoms with E-state index in [-0.39, 0.29) is 5.92 Å². The van der Waals surface area contributed by atoms with E-state index in [9.17, 15) is 5.11 Å². The number of anilines is 1. The summed E-state index contributed by atoms with van der Waals surface area (Å²) in [5.74, 6) is 1.65. The zero-order valence-electron chi connectivity index (χ0n) is 12.4. The molecular formula is C14H24ClN3O. The van der Waals surface area contributed by atoms with Gasteiger partial charge in [0.2, 0.25) is 0 Å². The summed E-state index contributed by atoms with van der Waals surface area (Å²) in [6.45, 7) is 10.4. The molecule has 0 aliphatic carbocycles. The summed E-state index contributed by atoms with van der Waals surface area (Å²) in [7, 11) is 0. The average molecular weight is 286 g/mol. The molecular weight excluding hydrogens is 262 g/mol. The lowest BCUT2D eigenvalue weighted by Crippen LogP contribution is -2.35. The van der Waals surface area contributed by atoms with E-state index >= 15 is 0 Å². The molecule has 1 aromatic rings. The molecule has 0 spiro atoms. The molecule has 0 aliphatic heterocycles. The summed E-state index contributed by atoms with van der Waals surface area (Å²) in [6, 6.07) is 0. The minimum absolute atomic E-state index is 0.217. The molecule has 0 bridgehead atoms. The Hall–Kier alpha value is -0.870. The molecule has 0 atom stereocenters. The molecule has 5 heteroatoms. The van der Waals surface area contributed by atoms with Crippen LogP contribution in [0.25, 0.3) is 0 Å².